The molecule has 0 radical (unpaired) electrons. The summed E-state index contributed by atoms with van der Waals surface area (Å²) in [6.07, 6.45) is -5.70. The van der Waals surface area contributed by atoms with Gasteiger partial charge in [0, 0.05) is 12.3 Å². The second kappa shape index (κ2) is 13.0. The minimum Gasteiger partial charge on any atom is -0.387 e. The van der Waals surface area contributed by atoms with E-state index >= 15 is 0 Å². The van der Waals surface area contributed by atoms with Crippen LogP contribution in [0.3, 0.4) is 0 Å². The quantitative estimate of drug-likeness (QED) is 0.157. The van der Waals surface area contributed by atoms with Crippen LogP contribution in [0.25, 0.3) is 0 Å². The van der Waals surface area contributed by atoms with E-state index in [0.717, 1.165) is 12.3 Å². The summed E-state index contributed by atoms with van der Waals surface area (Å²) in [6, 6.07) is 0.920. The summed E-state index contributed by atoms with van der Waals surface area (Å²) in [4.78, 5) is 59.9. The van der Waals surface area contributed by atoms with Crippen molar-refractivity contribution in [1.82, 2.24) is 34.2 Å². The van der Waals surface area contributed by atoms with Crippen LogP contribution in [-0.4, -0.2) is 64.3 Å². The van der Waals surface area contributed by atoms with Gasteiger partial charge in [-0.3, -0.25) is 18.9 Å². The molecule has 2 rings (SSSR count). The van der Waals surface area contributed by atoms with Gasteiger partial charge in [0.05, 0.1) is 6.61 Å². The number of nitrogens with zero attached hydrogens (tertiary/aromatic N) is 1. The summed E-state index contributed by atoms with van der Waals surface area (Å²) in [5, 5.41) is 19.9. The molecule has 1 aliphatic rings. The first-order valence-corrected chi connectivity index (χ1v) is 11.7. The molecule has 6 atom stereocenters. The number of aromatic amines is 1. The van der Waals surface area contributed by atoms with Crippen LogP contribution in [0.2, 0.25) is 0 Å². The molecule has 1 saturated heterocycles. The molecule has 1 aliphatic heterocycles. The molecule has 0 aromatic carbocycles. The van der Waals surface area contributed by atoms with Gasteiger partial charge in [-0.25, -0.2) is 18.5 Å². The Labute approximate surface area is 184 Å². The van der Waals surface area contributed by atoms with Gasteiger partial charge >= 0.3 is 29.2 Å². The lowest BCUT2D eigenvalue weighted by Gasteiger charge is -2.19. The molecule has 2 unspecified atom stereocenters. The van der Waals surface area contributed by atoms with E-state index in [4.69, 9.17) is 19.4 Å². The number of H-pyrrole nitrogens is 1. The second-order valence-corrected chi connectivity index (χ2v) is 9.87. The van der Waals surface area contributed by atoms with Crippen LogP contribution in [0.1, 0.15) is 6.23 Å². The maximum absolute atomic E-state index is 11.7. The van der Waals surface area contributed by atoms with E-state index in [9.17, 15) is 38.4 Å². The molecule has 198 valence electrons. The zero-order chi connectivity index (χ0) is 22.2. The SMILES string of the molecule is N.N.N.N.O=c1ccn([C@@H]2O[C@H](COP(=O)(O)OP(=O)(O)OP(=O)(O)O)[C@@H](O)[C@H]2O)c(=O)[nH]1. The number of nitrogens with one attached hydrogen (secondary N) is 1. The maximum Gasteiger partial charge on any atom is 0.490 e. The van der Waals surface area contributed by atoms with E-state index in [1.165, 1.54) is 0 Å². The minimum atomic E-state index is -5.73. The highest BCUT2D eigenvalue weighted by Crippen LogP contribution is 2.66. The molecule has 21 nitrogen and oxygen atoms in total. The van der Waals surface area contributed by atoms with Gasteiger partial charge in [-0.05, 0) is 0 Å². The first-order chi connectivity index (χ1) is 13.1. The van der Waals surface area contributed by atoms with Crippen molar-refractivity contribution in [1.29, 1.82) is 0 Å². The lowest BCUT2D eigenvalue weighted by atomic mass is 10.1. The number of aliphatic hydroxyl groups is 2. The number of hydrogen-bond donors (Lipinski definition) is 11. The van der Waals surface area contributed by atoms with Crippen molar-refractivity contribution in [2.75, 3.05) is 6.61 Å². The molecule has 2 heterocycles. The van der Waals surface area contributed by atoms with Gasteiger partial charge in [-0.2, -0.15) is 8.62 Å². The molecule has 0 saturated carbocycles. The lowest BCUT2D eigenvalue weighted by molar-refractivity contribution is -0.0542. The van der Waals surface area contributed by atoms with Crippen molar-refractivity contribution in [3.8, 4) is 0 Å². The first-order valence-electron chi connectivity index (χ1n) is 7.22. The molecule has 0 amide bonds. The number of hydrogen-bond acceptors (Lipinski definition) is 15. The van der Waals surface area contributed by atoms with E-state index < -0.39 is 65.9 Å². The maximum atomic E-state index is 11.7. The van der Waals surface area contributed by atoms with Crippen LogP contribution >= 0.6 is 23.5 Å². The van der Waals surface area contributed by atoms with Gasteiger partial charge in [-0.15, -0.1) is 0 Å². The average molecular weight is 552 g/mol. The number of phosphoric acid groups is 3. The van der Waals surface area contributed by atoms with Crippen LogP contribution in [0, 0.1) is 0 Å². The summed E-state index contributed by atoms with van der Waals surface area (Å²) < 4.78 is 50.6. The summed E-state index contributed by atoms with van der Waals surface area (Å²) in [6.45, 7) is -1.05. The van der Waals surface area contributed by atoms with Gasteiger partial charge in [0.25, 0.3) is 5.56 Å². The molecule has 1 aromatic heterocycles. The molecule has 1 aromatic rings. The predicted molar refractivity (Wildman–Crippen MR) is 107 cm³/mol. The Balaban J connectivity index is -0.00000225. The van der Waals surface area contributed by atoms with E-state index in [-0.39, 0.29) is 24.6 Å². The van der Waals surface area contributed by atoms with E-state index in [2.05, 4.69) is 13.1 Å². The van der Waals surface area contributed by atoms with E-state index in [0.29, 0.717) is 4.57 Å². The molecular formula is C9H27N6O15P3. The highest BCUT2D eigenvalue weighted by atomic mass is 31.3. The Morgan fingerprint density at radius 2 is 1.48 bits per heavy atom. The fourth-order valence-corrected chi connectivity index (χ4v) is 5.23. The van der Waals surface area contributed by atoms with Crippen molar-refractivity contribution in [2.45, 2.75) is 24.5 Å². The normalized spacial score (nSPS) is 25.8. The number of ether oxygens (including phenoxy) is 1. The van der Waals surface area contributed by atoms with E-state index in [1.807, 2.05) is 4.98 Å². The van der Waals surface area contributed by atoms with Gasteiger partial charge in [0.15, 0.2) is 6.23 Å². The third-order valence-electron chi connectivity index (χ3n) is 3.28. The number of phosphoric ester groups is 1. The third kappa shape index (κ3) is 10.3. The topological polar surface area (TPSA) is 404 Å². The van der Waals surface area contributed by atoms with Gasteiger partial charge in [0.1, 0.15) is 18.3 Å². The zero-order valence-corrected chi connectivity index (χ0v) is 19.3. The predicted octanol–water partition coefficient (Wildman–Crippen LogP) is -1.85. The lowest BCUT2D eigenvalue weighted by Crippen LogP contribution is -2.37. The standard InChI is InChI=1S/C9H15N2O15P3.4H3N/c12-5-1-2-11(9(15)10-5)8-7(14)6(13)4(24-8)3-23-28(19,20)26-29(21,22)25-27(16,17)18;;;;/h1-2,4,6-8,13-14H,3H2,(H,19,20)(H,21,22)(H,10,12,15)(H2,16,17,18);4*1H3/t4-,6-,7-,8-;;;;/m1..../s1. The van der Waals surface area contributed by atoms with Crippen LogP contribution < -0.4 is 35.9 Å². The van der Waals surface area contributed by atoms with Crippen LogP contribution in [0.15, 0.2) is 21.9 Å². The van der Waals surface area contributed by atoms with Gasteiger partial charge < -0.3 is 59.1 Å². The van der Waals surface area contributed by atoms with Crippen molar-refractivity contribution in [3.63, 3.8) is 0 Å². The smallest absolute Gasteiger partial charge is 0.387 e. The third-order valence-corrected chi connectivity index (χ3v) is 7.08. The first kappa shape index (κ1) is 36.4. The Hall–Kier alpha value is -1.19. The summed E-state index contributed by atoms with van der Waals surface area (Å²) in [7, 11) is -16.8. The van der Waals surface area contributed by atoms with Crippen molar-refractivity contribution < 1.29 is 61.4 Å². The highest BCUT2D eigenvalue weighted by Gasteiger charge is 2.46. The molecule has 19 N–H and O–H groups in total. The number of aromatic nitrogens is 2. The fourth-order valence-electron chi connectivity index (χ4n) is 2.20. The van der Waals surface area contributed by atoms with Crippen molar-refractivity contribution in [2.24, 2.45) is 0 Å². The highest BCUT2D eigenvalue weighted by molar-refractivity contribution is 7.66. The fraction of sp³-hybridized carbons (Fsp3) is 0.556. The molecule has 0 bridgehead atoms. The Morgan fingerprint density at radius 3 is 1.97 bits per heavy atom. The van der Waals surface area contributed by atoms with E-state index in [1.54, 1.807) is 0 Å². The molecule has 33 heavy (non-hydrogen) atoms. The van der Waals surface area contributed by atoms with Gasteiger partial charge in [0.2, 0.25) is 0 Å². The second-order valence-electron chi connectivity index (χ2n) is 5.45. The molecule has 1 fully saturated rings. The average Bonchev–Trinajstić information content (AvgIpc) is 2.78. The van der Waals surface area contributed by atoms with Crippen molar-refractivity contribution >= 4 is 23.5 Å². The Morgan fingerprint density at radius 1 is 0.939 bits per heavy atom. The molecular weight excluding hydrogens is 525 g/mol. The monoisotopic (exact) mass is 552 g/mol. The molecule has 24 heteroatoms. The summed E-state index contributed by atoms with van der Waals surface area (Å²) in [5.41, 5.74) is -1.74. The largest absolute Gasteiger partial charge is 0.490 e. The van der Waals surface area contributed by atoms with Crippen LogP contribution in [0.5, 0.6) is 0 Å². The minimum absolute atomic E-state index is 0. The Bertz CT molecular complexity index is 1010. The Kier molecular flexibility index (Phi) is 14.4. The van der Waals surface area contributed by atoms with Crippen LogP contribution in [0.4, 0.5) is 0 Å². The number of aliphatic hydroxyl groups excluding tert-OH is 2. The molecule has 0 spiro atoms. The zero-order valence-electron chi connectivity index (χ0n) is 16.6. The van der Waals surface area contributed by atoms with Gasteiger partial charge in [-0.1, -0.05) is 0 Å². The van der Waals surface area contributed by atoms with Crippen LogP contribution in [-0.2, 0) is 31.6 Å². The number of rotatable bonds is 8. The summed E-state index contributed by atoms with van der Waals surface area (Å²) >= 11 is 0. The van der Waals surface area contributed by atoms with Crippen molar-refractivity contribution in [3.05, 3.63) is 33.1 Å². The molecule has 0 aliphatic carbocycles. The summed E-state index contributed by atoms with van der Waals surface area (Å²) in [5.74, 6) is 0.